The van der Waals surface area contributed by atoms with Gasteiger partial charge in [0.1, 0.15) is 35.4 Å². The molecular formula is C44H30N6O2S7. The van der Waals surface area contributed by atoms with Crippen LogP contribution in [0.25, 0.3) is 55.1 Å². The number of nitrogens with zero attached hydrogens (tertiary/aromatic N) is 6. The van der Waals surface area contributed by atoms with Crippen molar-refractivity contribution in [3.8, 4) is 35.7 Å². The maximum absolute atomic E-state index is 14.9. The minimum absolute atomic E-state index is 0.0923. The van der Waals surface area contributed by atoms with Crippen molar-refractivity contribution in [2.45, 2.75) is 48.3 Å². The Morgan fingerprint density at radius 1 is 0.678 bits per heavy atom. The van der Waals surface area contributed by atoms with E-state index in [2.05, 4.69) is 13.8 Å². The van der Waals surface area contributed by atoms with Crippen molar-refractivity contribution in [2.75, 3.05) is 11.5 Å². The summed E-state index contributed by atoms with van der Waals surface area (Å²) in [5.74, 6) is 2.26. The van der Waals surface area contributed by atoms with E-state index in [0.717, 1.165) is 43.9 Å². The lowest BCUT2D eigenvalue weighted by molar-refractivity contribution is 0.589. The molecule has 3 heterocycles. The molecule has 0 radical (unpaired) electrons. The quantitative estimate of drug-likeness (QED) is 0.127. The van der Waals surface area contributed by atoms with Gasteiger partial charge >= 0.3 is 0 Å². The molecule has 8 nitrogen and oxygen atoms in total. The van der Waals surface area contributed by atoms with Crippen LogP contribution in [0.1, 0.15) is 32.3 Å². The Morgan fingerprint density at radius 2 is 1.20 bits per heavy atom. The lowest BCUT2D eigenvalue weighted by atomic mass is 9.92. The van der Waals surface area contributed by atoms with Gasteiger partial charge in [-0.1, -0.05) is 115 Å². The number of nitriles is 4. The minimum atomic E-state index is -4.24. The Bertz CT molecular complexity index is 3220. The van der Waals surface area contributed by atoms with Gasteiger partial charge in [-0.05, 0) is 83.1 Å². The van der Waals surface area contributed by atoms with Crippen LogP contribution in [0, 0.1) is 52.2 Å². The minimum Gasteiger partial charge on any atom is -0.227 e. The van der Waals surface area contributed by atoms with Gasteiger partial charge in [0.15, 0.2) is 5.82 Å². The summed E-state index contributed by atoms with van der Waals surface area (Å²) in [6, 6.07) is 30.8. The zero-order valence-electron chi connectivity index (χ0n) is 31.7. The molecule has 0 amide bonds. The molecule has 0 unspecified atom stereocenters. The fourth-order valence-corrected chi connectivity index (χ4v) is 16.8. The Hall–Kier alpha value is -4.68. The van der Waals surface area contributed by atoms with E-state index >= 15 is 0 Å². The number of fused-ring (bicyclic) bond motifs is 4. The summed E-state index contributed by atoms with van der Waals surface area (Å²) in [7, 11) is -4.24. The predicted molar refractivity (Wildman–Crippen MR) is 249 cm³/mol. The number of benzene rings is 5. The van der Waals surface area contributed by atoms with E-state index in [9.17, 15) is 29.5 Å². The molecule has 0 spiro atoms. The Labute approximate surface area is 367 Å². The van der Waals surface area contributed by atoms with Gasteiger partial charge in [0.05, 0.1) is 32.9 Å². The predicted octanol–water partition coefficient (Wildman–Crippen LogP) is 11.2. The van der Waals surface area contributed by atoms with Crippen molar-refractivity contribution >= 4 is 124 Å². The van der Waals surface area contributed by atoms with Crippen LogP contribution in [-0.4, -0.2) is 28.9 Å². The number of hydrogen-bond acceptors (Lipinski definition) is 13. The molecule has 0 fully saturated rings. The molecule has 0 N–H and O–H groups in total. The van der Waals surface area contributed by atoms with Crippen molar-refractivity contribution < 1.29 is 8.42 Å². The highest BCUT2D eigenvalue weighted by Gasteiger charge is 2.32. The normalized spacial score (nSPS) is 13.7. The van der Waals surface area contributed by atoms with Gasteiger partial charge in [0, 0.05) is 25.8 Å². The summed E-state index contributed by atoms with van der Waals surface area (Å²) in [5, 5.41) is 43.1. The van der Waals surface area contributed by atoms with Crippen LogP contribution in [0.15, 0.2) is 110 Å². The average molecular weight is 899 g/mol. The molecule has 0 bridgehead atoms. The first-order valence-electron chi connectivity index (χ1n) is 18.3. The fourth-order valence-electron chi connectivity index (χ4n) is 6.82. The van der Waals surface area contributed by atoms with Crippen molar-refractivity contribution in [1.82, 2.24) is 8.96 Å². The summed E-state index contributed by atoms with van der Waals surface area (Å²) in [4.78, 5) is 7.05. The lowest BCUT2D eigenvalue weighted by Crippen LogP contribution is -2.19. The first-order chi connectivity index (χ1) is 28.6. The molecule has 2 aliphatic rings. The summed E-state index contributed by atoms with van der Waals surface area (Å²) in [6.45, 7) is 6.29. The van der Waals surface area contributed by atoms with Gasteiger partial charge in [-0.3, -0.25) is 0 Å². The maximum atomic E-state index is 14.9. The van der Waals surface area contributed by atoms with E-state index in [4.69, 9.17) is 4.98 Å². The number of thioether (sulfide) groups is 6. The fraction of sp³-hybridized carbons (Fsp3) is 0.159. The van der Waals surface area contributed by atoms with Crippen molar-refractivity contribution in [3.05, 3.63) is 112 Å². The Balaban J connectivity index is 1.36. The van der Waals surface area contributed by atoms with Crippen molar-refractivity contribution in [3.63, 3.8) is 0 Å². The summed E-state index contributed by atoms with van der Waals surface area (Å²) in [5.41, 5.74) is 1.91. The molecule has 5 aromatic carbocycles. The molecule has 0 aliphatic carbocycles. The van der Waals surface area contributed by atoms with Crippen LogP contribution in [0.2, 0.25) is 0 Å². The Morgan fingerprint density at radius 3 is 1.76 bits per heavy atom. The van der Waals surface area contributed by atoms with Crippen LogP contribution in [0.3, 0.4) is 0 Å². The highest BCUT2D eigenvalue weighted by Crippen LogP contribution is 2.64. The lowest BCUT2D eigenvalue weighted by Gasteiger charge is -2.13. The van der Waals surface area contributed by atoms with Crippen LogP contribution < -0.4 is 10.4 Å². The van der Waals surface area contributed by atoms with Crippen LogP contribution >= 0.6 is 70.6 Å². The smallest absolute Gasteiger partial charge is 0.227 e. The van der Waals surface area contributed by atoms with Gasteiger partial charge in [0.25, 0.3) is 10.0 Å². The second-order valence-corrected chi connectivity index (χ2v) is 22.5. The summed E-state index contributed by atoms with van der Waals surface area (Å²) >= 11 is 10.8. The van der Waals surface area contributed by atoms with E-state index in [1.165, 1.54) is 16.7 Å². The van der Waals surface area contributed by atoms with E-state index < -0.39 is 10.0 Å². The van der Waals surface area contributed by atoms with E-state index in [-0.39, 0.29) is 21.9 Å². The molecular weight excluding hydrogens is 869 g/mol. The van der Waals surface area contributed by atoms with E-state index in [1.54, 1.807) is 90.3 Å². The molecule has 0 saturated heterocycles. The first-order valence-corrected chi connectivity index (χ1v) is 25.0. The third-order valence-corrected chi connectivity index (χ3v) is 20.1. The zero-order chi connectivity index (χ0) is 41.4. The second-order valence-electron chi connectivity index (χ2n) is 13.3. The van der Waals surface area contributed by atoms with Gasteiger partial charge < -0.3 is 0 Å². The van der Waals surface area contributed by atoms with Crippen molar-refractivity contribution in [1.29, 1.82) is 21.0 Å². The number of aryl methyl sites for hydroxylation is 1. The largest absolute Gasteiger partial charge is 0.269 e. The third kappa shape index (κ3) is 7.45. The molecule has 2 aliphatic heterocycles. The van der Waals surface area contributed by atoms with Crippen molar-refractivity contribution in [2.24, 2.45) is 0 Å². The summed E-state index contributed by atoms with van der Waals surface area (Å²) < 4.78 is 36.1. The van der Waals surface area contributed by atoms with Gasteiger partial charge in [-0.2, -0.15) is 21.0 Å². The van der Waals surface area contributed by atoms with E-state index in [0.29, 0.717) is 48.6 Å². The number of rotatable bonds is 9. The van der Waals surface area contributed by atoms with E-state index in [1.807, 2.05) is 90.4 Å². The standard InChI is InChI=1S/C44H30N6O2S7/c1-4-16-53-41-42(54-17-5-2)58-44(57-41)43-55-36-19-34-35(20-37(36)56-43)50(59(51,52)29-13-10-25(3)11-14-29)40(49-34)26-12-15-32-33(18-26)39(28(23-47)24-48)31-9-7-6-8-30(31)38(32)27(21-45)22-46/h6-15,18-20H,4-5,16-17H2,1-3H3. The maximum Gasteiger partial charge on any atom is 0.269 e. The van der Waals surface area contributed by atoms with Gasteiger partial charge in [-0.25, -0.2) is 17.4 Å². The second kappa shape index (κ2) is 17.1. The molecule has 1 aromatic heterocycles. The van der Waals surface area contributed by atoms with Gasteiger partial charge in [-0.15, -0.1) is 23.5 Å². The topological polar surface area (TPSA) is 147 Å². The number of aromatic nitrogens is 2. The third-order valence-electron chi connectivity index (χ3n) is 9.45. The SMILES string of the molecule is CCCSC1=C(SCCC)SC(=C2Sc3cc4nc(-c5ccc6c(=C(C#N)C#N)c7ccccc7c(=C(C#N)C#N)c6c5)n(S(=O)(=O)c5ccc(C)cc5)c4cc3S2)S1. The van der Waals surface area contributed by atoms with Crippen LogP contribution in [-0.2, 0) is 10.0 Å². The number of imidazole rings is 1. The molecule has 59 heavy (non-hydrogen) atoms. The molecule has 290 valence electrons. The van der Waals surface area contributed by atoms with Gasteiger partial charge in [0.2, 0.25) is 0 Å². The number of hydrogen-bond donors (Lipinski definition) is 0. The highest BCUT2D eigenvalue weighted by atomic mass is 32.3. The molecule has 6 aromatic rings. The molecule has 15 heteroatoms. The highest BCUT2D eigenvalue weighted by molar-refractivity contribution is 8.42. The van der Waals surface area contributed by atoms with Crippen LogP contribution in [0.4, 0.5) is 0 Å². The average Bonchev–Trinajstić information content (AvgIpc) is 3.97. The molecule has 0 saturated carbocycles. The molecule has 0 atom stereocenters. The molecule has 8 rings (SSSR count). The Kier molecular flexibility index (Phi) is 11.9. The summed E-state index contributed by atoms with van der Waals surface area (Å²) in [6.07, 6.45) is 2.20. The first kappa shape index (κ1) is 41.1. The van der Waals surface area contributed by atoms with Crippen LogP contribution in [0.5, 0.6) is 0 Å². The zero-order valence-corrected chi connectivity index (χ0v) is 37.4. The monoisotopic (exact) mass is 898 g/mol.